The SMILES string of the molecule is Cl.Oc1cncs1. The monoisotopic (exact) mass is 137 g/mol. The molecule has 1 aromatic rings. The predicted molar refractivity (Wildman–Crippen MR) is 31.0 cm³/mol. The number of halogens is 1. The molecule has 1 rings (SSSR count). The lowest BCUT2D eigenvalue weighted by molar-refractivity contribution is 0.489. The summed E-state index contributed by atoms with van der Waals surface area (Å²) in [5.74, 6) is 0. The third-order valence-electron chi connectivity index (χ3n) is 0.419. The topological polar surface area (TPSA) is 33.1 Å². The fourth-order valence-corrected chi connectivity index (χ4v) is 0.560. The van der Waals surface area contributed by atoms with E-state index in [9.17, 15) is 0 Å². The number of hydrogen-bond donors (Lipinski definition) is 1. The Hall–Kier alpha value is -0.280. The molecule has 4 heteroatoms. The summed E-state index contributed by atoms with van der Waals surface area (Å²) >= 11 is 1.22. The summed E-state index contributed by atoms with van der Waals surface area (Å²) in [6.07, 6.45) is 1.41. The van der Waals surface area contributed by atoms with E-state index in [0.29, 0.717) is 0 Å². The smallest absolute Gasteiger partial charge is 0.191 e. The van der Waals surface area contributed by atoms with Crippen LogP contribution in [0.2, 0.25) is 0 Å². The van der Waals surface area contributed by atoms with Gasteiger partial charge in [0.05, 0.1) is 11.7 Å². The van der Waals surface area contributed by atoms with Gasteiger partial charge in [-0.25, -0.2) is 4.98 Å². The average Bonchev–Trinajstić information content (AvgIpc) is 1.86. The molecule has 7 heavy (non-hydrogen) atoms. The van der Waals surface area contributed by atoms with E-state index in [1.807, 2.05) is 0 Å². The molecule has 1 N–H and O–H groups in total. The van der Waals surface area contributed by atoms with Crippen molar-refractivity contribution in [3.05, 3.63) is 11.7 Å². The minimum absolute atomic E-state index is 0. The predicted octanol–water partition coefficient (Wildman–Crippen LogP) is 1.27. The van der Waals surface area contributed by atoms with Gasteiger partial charge in [-0.2, -0.15) is 0 Å². The zero-order chi connectivity index (χ0) is 4.41. The van der Waals surface area contributed by atoms with E-state index in [4.69, 9.17) is 5.11 Å². The maximum absolute atomic E-state index is 8.43. The number of rotatable bonds is 0. The van der Waals surface area contributed by atoms with Crippen molar-refractivity contribution in [1.82, 2.24) is 4.98 Å². The second-order valence-electron chi connectivity index (χ2n) is 0.840. The van der Waals surface area contributed by atoms with Crippen molar-refractivity contribution >= 4 is 23.7 Å². The first-order valence-corrected chi connectivity index (χ1v) is 2.35. The van der Waals surface area contributed by atoms with Crippen LogP contribution in [-0.4, -0.2) is 10.1 Å². The highest BCUT2D eigenvalue weighted by atomic mass is 35.5. The van der Waals surface area contributed by atoms with Gasteiger partial charge in [0, 0.05) is 0 Å². The van der Waals surface area contributed by atoms with E-state index in [0.717, 1.165) is 0 Å². The molecule has 0 aromatic carbocycles. The van der Waals surface area contributed by atoms with Gasteiger partial charge in [0.1, 0.15) is 0 Å². The van der Waals surface area contributed by atoms with E-state index in [2.05, 4.69) is 4.98 Å². The minimum atomic E-state index is 0. The molecular weight excluding hydrogens is 134 g/mol. The Morgan fingerprint density at radius 2 is 2.43 bits per heavy atom. The molecule has 2 nitrogen and oxygen atoms in total. The van der Waals surface area contributed by atoms with Crippen molar-refractivity contribution in [1.29, 1.82) is 0 Å². The zero-order valence-corrected chi connectivity index (χ0v) is 5.00. The molecule has 0 aliphatic carbocycles. The molecule has 0 fully saturated rings. The molecule has 0 bridgehead atoms. The number of aromatic nitrogens is 1. The van der Waals surface area contributed by atoms with Gasteiger partial charge < -0.3 is 5.11 Å². The zero-order valence-electron chi connectivity index (χ0n) is 3.37. The molecule has 0 spiro atoms. The number of nitrogens with zero attached hydrogens (tertiary/aromatic N) is 1. The fourth-order valence-electron chi connectivity index (χ4n) is 0.209. The maximum Gasteiger partial charge on any atom is 0.191 e. The third kappa shape index (κ3) is 1.75. The molecule has 0 aliphatic heterocycles. The average molecular weight is 138 g/mol. The van der Waals surface area contributed by atoms with Gasteiger partial charge in [0.2, 0.25) is 0 Å². The second-order valence-corrected chi connectivity index (χ2v) is 1.70. The van der Waals surface area contributed by atoms with E-state index in [1.165, 1.54) is 17.5 Å². The Kier molecular flexibility index (Phi) is 2.71. The van der Waals surface area contributed by atoms with Crippen LogP contribution in [-0.2, 0) is 0 Å². The van der Waals surface area contributed by atoms with Gasteiger partial charge in [-0.15, -0.1) is 12.4 Å². The van der Waals surface area contributed by atoms with Crippen molar-refractivity contribution in [2.75, 3.05) is 0 Å². The van der Waals surface area contributed by atoms with Crippen LogP contribution in [0.5, 0.6) is 5.06 Å². The lowest BCUT2D eigenvalue weighted by Gasteiger charge is -1.65. The number of hydrogen-bond acceptors (Lipinski definition) is 3. The largest absolute Gasteiger partial charge is 0.498 e. The first-order chi connectivity index (χ1) is 2.89. The van der Waals surface area contributed by atoms with Gasteiger partial charge in [-0.3, -0.25) is 0 Å². The van der Waals surface area contributed by atoms with E-state index in [1.54, 1.807) is 5.51 Å². The molecule has 0 unspecified atom stereocenters. The van der Waals surface area contributed by atoms with Crippen LogP contribution in [0.15, 0.2) is 11.7 Å². The van der Waals surface area contributed by atoms with Crippen LogP contribution in [0.1, 0.15) is 0 Å². The number of thiazole rings is 1. The standard InChI is InChI=1S/C3H3NOS.ClH/c5-3-1-4-2-6-3;/h1-2,5H;1H. The summed E-state index contributed by atoms with van der Waals surface area (Å²) in [5, 5.41) is 8.70. The summed E-state index contributed by atoms with van der Waals surface area (Å²) in [4.78, 5) is 3.59. The lowest BCUT2D eigenvalue weighted by Crippen LogP contribution is -1.43. The summed E-state index contributed by atoms with van der Waals surface area (Å²) in [7, 11) is 0. The second kappa shape index (κ2) is 2.82. The highest BCUT2D eigenvalue weighted by Crippen LogP contribution is 2.11. The van der Waals surface area contributed by atoms with Crippen molar-refractivity contribution in [2.24, 2.45) is 0 Å². The van der Waals surface area contributed by atoms with Crippen molar-refractivity contribution in [3.8, 4) is 5.06 Å². The summed E-state index contributed by atoms with van der Waals surface area (Å²) in [6, 6.07) is 0. The normalized spacial score (nSPS) is 7.43. The van der Waals surface area contributed by atoms with E-state index < -0.39 is 0 Å². The van der Waals surface area contributed by atoms with Crippen LogP contribution >= 0.6 is 23.7 Å². The van der Waals surface area contributed by atoms with Crippen molar-refractivity contribution < 1.29 is 5.11 Å². The number of aromatic hydroxyl groups is 1. The molecular formula is C3H4ClNOS. The molecule has 0 saturated heterocycles. The van der Waals surface area contributed by atoms with Gasteiger partial charge in [-0.05, 0) is 0 Å². The first kappa shape index (κ1) is 6.72. The van der Waals surface area contributed by atoms with Gasteiger partial charge in [0.25, 0.3) is 0 Å². The Morgan fingerprint density at radius 1 is 1.71 bits per heavy atom. The molecule has 1 aromatic heterocycles. The van der Waals surface area contributed by atoms with Crippen LogP contribution in [0.3, 0.4) is 0 Å². The van der Waals surface area contributed by atoms with Crippen LogP contribution < -0.4 is 0 Å². The Balaban J connectivity index is 0.000000360. The summed E-state index contributed by atoms with van der Waals surface area (Å²) in [6.45, 7) is 0. The van der Waals surface area contributed by atoms with Crippen LogP contribution in [0, 0.1) is 0 Å². The molecule has 0 atom stereocenters. The molecule has 1 heterocycles. The van der Waals surface area contributed by atoms with Gasteiger partial charge in [0.15, 0.2) is 5.06 Å². The maximum atomic E-state index is 8.43. The molecule has 0 amide bonds. The Labute approximate surface area is 51.2 Å². The lowest BCUT2D eigenvalue weighted by atomic mass is 10.9. The van der Waals surface area contributed by atoms with E-state index in [-0.39, 0.29) is 17.5 Å². The minimum Gasteiger partial charge on any atom is -0.498 e. The van der Waals surface area contributed by atoms with E-state index >= 15 is 0 Å². The fraction of sp³-hybridized carbons (Fsp3) is 0. The van der Waals surface area contributed by atoms with Crippen LogP contribution in [0.4, 0.5) is 0 Å². The summed E-state index contributed by atoms with van der Waals surface area (Å²) in [5.41, 5.74) is 1.58. The van der Waals surface area contributed by atoms with Crippen molar-refractivity contribution in [3.63, 3.8) is 0 Å². The molecule has 0 aliphatic rings. The van der Waals surface area contributed by atoms with Gasteiger partial charge in [-0.1, -0.05) is 11.3 Å². The first-order valence-electron chi connectivity index (χ1n) is 1.47. The van der Waals surface area contributed by atoms with Gasteiger partial charge >= 0.3 is 0 Å². The van der Waals surface area contributed by atoms with Crippen molar-refractivity contribution in [2.45, 2.75) is 0 Å². The van der Waals surface area contributed by atoms with Crippen LogP contribution in [0.25, 0.3) is 0 Å². The molecule has 0 radical (unpaired) electrons. The summed E-state index contributed by atoms with van der Waals surface area (Å²) < 4.78 is 0. The highest BCUT2D eigenvalue weighted by Gasteiger charge is 1.79. The molecule has 40 valence electrons. The quantitative estimate of drug-likeness (QED) is 0.584. The highest BCUT2D eigenvalue weighted by molar-refractivity contribution is 7.11. The third-order valence-corrected chi connectivity index (χ3v) is 0.993. The Morgan fingerprint density at radius 3 is 2.57 bits per heavy atom. The molecule has 0 saturated carbocycles. The Bertz CT molecular complexity index is 118.